The Labute approximate surface area is 167 Å². The molecule has 0 aliphatic rings. The maximum atomic E-state index is 13.0. The molecule has 0 radical (unpaired) electrons. The number of para-hydroxylation sites is 1. The summed E-state index contributed by atoms with van der Waals surface area (Å²) in [5.74, 6) is -0.925. The highest BCUT2D eigenvalue weighted by atomic mass is 79.9. The van der Waals surface area contributed by atoms with Gasteiger partial charge in [-0.2, -0.15) is 17.5 Å². The largest absolute Gasteiger partial charge is 0.418 e. The van der Waals surface area contributed by atoms with Gasteiger partial charge in [0.25, 0.3) is 0 Å². The lowest BCUT2D eigenvalue weighted by atomic mass is 10.1. The van der Waals surface area contributed by atoms with E-state index in [1.165, 1.54) is 30.3 Å². The maximum Gasteiger partial charge on any atom is 0.418 e. The Hall–Kier alpha value is -1.62. The first kappa shape index (κ1) is 21.7. The standard InChI is InChI=1S/C16H13BrClF3N2O3S/c1-23(27(25,26)14-7-6-10(17)8-12(14)18)9-15(24)22-13-5-3-2-4-11(13)16(19,20)21/h2-8H,9H2,1H3,(H,22,24). The summed E-state index contributed by atoms with van der Waals surface area (Å²) in [4.78, 5) is 11.9. The Bertz CT molecular complexity index is 968. The number of carbonyl (C=O) groups is 1. The van der Waals surface area contributed by atoms with Gasteiger partial charge < -0.3 is 5.32 Å². The number of anilines is 1. The topological polar surface area (TPSA) is 66.5 Å². The van der Waals surface area contributed by atoms with E-state index >= 15 is 0 Å². The molecule has 0 bridgehead atoms. The Balaban J connectivity index is 2.19. The van der Waals surface area contributed by atoms with Gasteiger partial charge in [-0.3, -0.25) is 4.79 Å². The van der Waals surface area contributed by atoms with Crippen molar-refractivity contribution in [2.24, 2.45) is 0 Å². The second-order valence-electron chi connectivity index (χ2n) is 5.43. The number of nitrogens with zero attached hydrogens (tertiary/aromatic N) is 1. The van der Waals surface area contributed by atoms with Crippen LogP contribution in [0.3, 0.4) is 0 Å². The average molecular weight is 486 g/mol. The van der Waals surface area contributed by atoms with Gasteiger partial charge >= 0.3 is 6.18 Å². The minimum Gasteiger partial charge on any atom is -0.324 e. The normalized spacial score (nSPS) is 12.3. The molecule has 11 heteroatoms. The molecule has 0 saturated carbocycles. The minimum absolute atomic E-state index is 0.0564. The number of hydrogen-bond donors (Lipinski definition) is 1. The molecule has 1 amide bonds. The van der Waals surface area contributed by atoms with Crippen LogP contribution in [-0.2, 0) is 21.0 Å². The van der Waals surface area contributed by atoms with Gasteiger partial charge in [-0.25, -0.2) is 8.42 Å². The van der Waals surface area contributed by atoms with Crippen LogP contribution in [-0.4, -0.2) is 32.2 Å². The van der Waals surface area contributed by atoms with Crippen molar-refractivity contribution in [3.05, 3.63) is 57.5 Å². The predicted molar refractivity (Wildman–Crippen MR) is 99.0 cm³/mol. The number of alkyl halides is 3. The van der Waals surface area contributed by atoms with E-state index in [0.717, 1.165) is 19.2 Å². The van der Waals surface area contributed by atoms with Crippen LogP contribution in [0.1, 0.15) is 5.56 Å². The van der Waals surface area contributed by atoms with Gasteiger partial charge in [0.1, 0.15) is 4.90 Å². The lowest BCUT2D eigenvalue weighted by molar-refractivity contribution is -0.137. The zero-order chi connectivity index (χ0) is 20.4. The molecule has 1 N–H and O–H groups in total. The molecule has 0 heterocycles. The van der Waals surface area contributed by atoms with Crippen LogP contribution in [0.25, 0.3) is 0 Å². The molecule has 2 aromatic rings. The third kappa shape index (κ3) is 5.22. The Morgan fingerprint density at radius 3 is 2.44 bits per heavy atom. The predicted octanol–water partition coefficient (Wildman–Crippen LogP) is 4.38. The first-order valence-corrected chi connectivity index (χ1v) is 9.91. The number of benzene rings is 2. The van der Waals surface area contributed by atoms with E-state index in [1.54, 1.807) is 0 Å². The Morgan fingerprint density at radius 1 is 1.22 bits per heavy atom. The molecule has 0 aliphatic heterocycles. The lowest BCUT2D eigenvalue weighted by Crippen LogP contribution is -2.35. The quantitative estimate of drug-likeness (QED) is 0.683. The summed E-state index contributed by atoms with van der Waals surface area (Å²) < 4.78 is 65.3. The second kappa shape index (κ2) is 8.17. The molecule has 5 nitrogen and oxygen atoms in total. The van der Waals surface area contributed by atoms with E-state index in [0.29, 0.717) is 8.78 Å². The number of hydrogen-bond acceptors (Lipinski definition) is 3. The maximum absolute atomic E-state index is 13.0. The molecule has 2 aromatic carbocycles. The average Bonchev–Trinajstić information content (AvgIpc) is 2.53. The summed E-state index contributed by atoms with van der Waals surface area (Å²) in [7, 11) is -2.99. The molecule has 0 spiro atoms. The number of halogens is 5. The fourth-order valence-electron chi connectivity index (χ4n) is 2.17. The van der Waals surface area contributed by atoms with E-state index < -0.39 is 39.9 Å². The number of nitrogens with one attached hydrogen (secondary N) is 1. The van der Waals surface area contributed by atoms with Crippen molar-refractivity contribution in [2.75, 3.05) is 18.9 Å². The van der Waals surface area contributed by atoms with Gasteiger partial charge in [0.2, 0.25) is 15.9 Å². The third-order valence-electron chi connectivity index (χ3n) is 3.45. The molecular formula is C16H13BrClF3N2O3S. The molecule has 0 aliphatic carbocycles. The Kier molecular flexibility index (Phi) is 6.56. The van der Waals surface area contributed by atoms with Gasteiger partial charge in [-0.15, -0.1) is 0 Å². The molecule has 2 rings (SSSR count). The molecule has 27 heavy (non-hydrogen) atoms. The van der Waals surface area contributed by atoms with Gasteiger partial charge in [0.15, 0.2) is 0 Å². The highest BCUT2D eigenvalue weighted by Crippen LogP contribution is 2.34. The third-order valence-corrected chi connectivity index (χ3v) is 6.23. The number of likely N-dealkylation sites (N-methyl/N-ethyl adjacent to an activating group) is 1. The van der Waals surface area contributed by atoms with Crippen molar-refractivity contribution < 1.29 is 26.4 Å². The second-order valence-corrected chi connectivity index (χ2v) is 8.76. The number of sulfonamides is 1. The van der Waals surface area contributed by atoms with Gasteiger partial charge in [-0.1, -0.05) is 39.7 Å². The van der Waals surface area contributed by atoms with Crippen LogP contribution in [0.5, 0.6) is 0 Å². The highest BCUT2D eigenvalue weighted by Gasteiger charge is 2.34. The summed E-state index contributed by atoms with van der Waals surface area (Å²) in [6.45, 7) is -0.694. The zero-order valence-corrected chi connectivity index (χ0v) is 16.9. The minimum atomic E-state index is -4.66. The van der Waals surface area contributed by atoms with Crippen LogP contribution in [0.15, 0.2) is 51.8 Å². The van der Waals surface area contributed by atoms with Crippen LogP contribution >= 0.6 is 27.5 Å². The van der Waals surface area contributed by atoms with E-state index in [-0.39, 0.29) is 9.92 Å². The molecule has 0 unspecified atom stereocenters. The van der Waals surface area contributed by atoms with Crippen LogP contribution in [0, 0.1) is 0 Å². The van der Waals surface area contributed by atoms with E-state index in [9.17, 15) is 26.4 Å². The smallest absolute Gasteiger partial charge is 0.324 e. The van der Waals surface area contributed by atoms with Crippen molar-refractivity contribution in [3.63, 3.8) is 0 Å². The molecule has 0 atom stereocenters. The van der Waals surface area contributed by atoms with Crippen LogP contribution < -0.4 is 5.32 Å². The van der Waals surface area contributed by atoms with Crippen molar-refractivity contribution in [1.82, 2.24) is 4.31 Å². The molecule has 0 saturated heterocycles. The van der Waals surface area contributed by atoms with E-state index in [1.807, 2.05) is 0 Å². The summed E-state index contributed by atoms with van der Waals surface area (Å²) >= 11 is 9.09. The number of rotatable bonds is 5. The van der Waals surface area contributed by atoms with Crippen molar-refractivity contribution >= 4 is 49.1 Å². The summed E-state index contributed by atoms with van der Waals surface area (Å²) in [5, 5.41) is 2.03. The first-order chi connectivity index (χ1) is 12.4. The van der Waals surface area contributed by atoms with Crippen LogP contribution in [0.4, 0.5) is 18.9 Å². The fraction of sp³-hybridized carbons (Fsp3) is 0.188. The fourth-order valence-corrected chi connectivity index (χ4v) is 4.30. The molecule has 0 aromatic heterocycles. The van der Waals surface area contributed by atoms with Gasteiger partial charge in [0, 0.05) is 11.5 Å². The van der Waals surface area contributed by atoms with Crippen molar-refractivity contribution in [1.29, 1.82) is 0 Å². The summed E-state index contributed by atoms with van der Waals surface area (Å²) in [5.41, 5.74) is -1.48. The van der Waals surface area contributed by atoms with Gasteiger partial charge in [0.05, 0.1) is 22.8 Å². The van der Waals surface area contributed by atoms with E-state index in [2.05, 4.69) is 21.2 Å². The summed E-state index contributed by atoms with van der Waals surface area (Å²) in [6, 6.07) is 8.51. The number of amides is 1. The van der Waals surface area contributed by atoms with E-state index in [4.69, 9.17) is 11.6 Å². The number of carbonyl (C=O) groups excluding carboxylic acids is 1. The van der Waals surface area contributed by atoms with Crippen LogP contribution in [0.2, 0.25) is 5.02 Å². The highest BCUT2D eigenvalue weighted by molar-refractivity contribution is 9.10. The Morgan fingerprint density at radius 2 is 1.85 bits per heavy atom. The lowest BCUT2D eigenvalue weighted by Gasteiger charge is -2.19. The molecule has 146 valence electrons. The van der Waals surface area contributed by atoms with Crippen molar-refractivity contribution in [3.8, 4) is 0 Å². The zero-order valence-electron chi connectivity index (χ0n) is 13.7. The van der Waals surface area contributed by atoms with Gasteiger partial charge in [-0.05, 0) is 30.3 Å². The first-order valence-electron chi connectivity index (χ1n) is 7.30. The molecular weight excluding hydrogens is 473 g/mol. The van der Waals surface area contributed by atoms with Crippen molar-refractivity contribution in [2.45, 2.75) is 11.1 Å². The SMILES string of the molecule is CN(CC(=O)Nc1ccccc1C(F)(F)F)S(=O)(=O)c1ccc(Br)cc1Cl. The monoisotopic (exact) mass is 484 g/mol. The summed E-state index contributed by atoms with van der Waals surface area (Å²) in [6.07, 6.45) is -4.66. The molecule has 0 fully saturated rings.